The highest BCUT2D eigenvalue weighted by atomic mass is 15.2. The SMILES string of the molecule is CC1CC(N)CCN1c1ccccc1C(C)(C)C. The van der Waals surface area contributed by atoms with Crippen LogP contribution < -0.4 is 10.6 Å². The van der Waals surface area contributed by atoms with E-state index < -0.39 is 0 Å². The Hall–Kier alpha value is -1.02. The lowest BCUT2D eigenvalue weighted by Crippen LogP contribution is -2.46. The molecule has 1 aliphatic rings. The highest BCUT2D eigenvalue weighted by Gasteiger charge is 2.27. The highest BCUT2D eigenvalue weighted by Crippen LogP contribution is 2.34. The van der Waals surface area contributed by atoms with E-state index in [0.717, 1.165) is 19.4 Å². The van der Waals surface area contributed by atoms with Crippen LogP contribution in [0.15, 0.2) is 24.3 Å². The van der Waals surface area contributed by atoms with E-state index in [-0.39, 0.29) is 5.41 Å². The van der Waals surface area contributed by atoms with Crippen molar-refractivity contribution in [2.24, 2.45) is 5.73 Å². The van der Waals surface area contributed by atoms with Crippen LogP contribution in [0.4, 0.5) is 5.69 Å². The average molecular weight is 246 g/mol. The van der Waals surface area contributed by atoms with Gasteiger partial charge in [-0.1, -0.05) is 39.0 Å². The maximum Gasteiger partial charge on any atom is 0.0406 e. The highest BCUT2D eigenvalue weighted by molar-refractivity contribution is 5.57. The lowest BCUT2D eigenvalue weighted by Gasteiger charge is -2.40. The van der Waals surface area contributed by atoms with Crippen LogP contribution in [0.5, 0.6) is 0 Å². The van der Waals surface area contributed by atoms with Gasteiger partial charge in [0.25, 0.3) is 0 Å². The molecule has 1 saturated heterocycles. The van der Waals surface area contributed by atoms with Crippen molar-refractivity contribution in [3.8, 4) is 0 Å². The molecule has 2 unspecified atom stereocenters. The molecule has 0 aliphatic carbocycles. The van der Waals surface area contributed by atoms with E-state index in [1.807, 2.05) is 0 Å². The summed E-state index contributed by atoms with van der Waals surface area (Å²) >= 11 is 0. The summed E-state index contributed by atoms with van der Waals surface area (Å²) in [4.78, 5) is 2.53. The summed E-state index contributed by atoms with van der Waals surface area (Å²) in [5, 5.41) is 0. The van der Waals surface area contributed by atoms with Gasteiger partial charge in [-0.3, -0.25) is 0 Å². The number of hydrogen-bond acceptors (Lipinski definition) is 2. The van der Waals surface area contributed by atoms with Crippen LogP contribution in [-0.4, -0.2) is 18.6 Å². The average Bonchev–Trinajstić information content (AvgIpc) is 2.28. The second-order valence-corrected chi connectivity index (χ2v) is 6.59. The molecule has 18 heavy (non-hydrogen) atoms. The second kappa shape index (κ2) is 4.93. The summed E-state index contributed by atoms with van der Waals surface area (Å²) in [5.41, 5.74) is 9.08. The van der Waals surface area contributed by atoms with Gasteiger partial charge in [-0.25, -0.2) is 0 Å². The van der Waals surface area contributed by atoms with Crippen LogP contribution in [0.3, 0.4) is 0 Å². The van der Waals surface area contributed by atoms with E-state index in [9.17, 15) is 0 Å². The molecule has 0 spiro atoms. The Kier molecular flexibility index (Phi) is 3.67. The number of nitrogens with two attached hydrogens (primary N) is 1. The molecule has 2 N–H and O–H groups in total. The van der Waals surface area contributed by atoms with Gasteiger partial charge in [0.05, 0.1) is 0 Å². The first-order valence-corrected chi connectivity index (χ1v) is 7.01. The van der Waals surface area contributed by atoms with Gasteiger partial charge in [0.15, 0.2) is 0 Å². The number of nitrogens with zero attached hydrogens (tertiary/aromatic N) is 1. The molecule has 1 aromatic rings. The zero-order valence-electron chi connectivity index (χ0n) is 12.1. The Balaban J connectivity index is 2.33. The first kappa shape index (κ1) is 13.4. The second-order valence-electron chi connectivity index (χ2n) is 6.59. The molecule has 0 amide bonds. The normalized spacial score (nSPS) is 25.3. The third-order valence-corrected chi connectivity index (χ3v) is 3.94. The minimum absolute atomic E-state index is 0.190. The molecule has 2 nitrogen and oxygen atoms in total. The molecule has 2 heteroatoms. The van der Waals surface area contributed by atoms with E-state index >= 15 is 0 Å². The van der Waals surface area contributed by atoms with E-state index in [1.54, 1.807) is 0 Å². The van der Waals surface area contributed by atoms with Crippen molar-refractivity contribution in [1.29, 1.82) is 0 Å². The Morgan fingerprint density at radius 1 is 1.22 bits per heavy atom. The maximum absolute atomic E-state index is 6.06. The van der Waals surface area contributed by atoms with Crippen molar-refractivity contribution in [3.63, 3.8) is 0 Å². The van der Waals surface area contributed by atoms with Crippen molar-refractivity contribution in [3.05, 3.63) is 29.8 Å². The van der Waals surface area contributed by atoms with Gasteiger partial charge >= 0.3 is 0 Å². The van der Waals surface area contributed by atoms with Gasteiger partial charge in [-0.05, 0) is 36.8 Å². The quantitative estimate of drug-likeness (QED) is 0.824. The first-order valence-electron chi connectivity index (χ1n) is 7.01. The predicted octanol–water partition coefficient (Wildman–Crippen LogP) is 3.30. The molecule has 0 aromatic heterocycles. The summed E-state index contributed by atoms with van der Waals surface area (Å²) in [6.45, 7) is 10.2. The smallest absolute Gasteiger partial charge is 0.0406 e. The van der Waals surface area contributed by atoms with E-state index in [2.05, 4.69) is 56.9 Å². The Labute approximate surface area is 111 Å². The van der Waals surface area contributed by atoms with Crippen molar-refractivity contribution in [2.75, 3.05) is 11.4 Å². The van der Waals surface area contributed by atoms with Crippen LogP contribution in [0, 0.1) is 0 Å². The molecule has 2 atom stereocenters. The number of hydrogen-bond donors (Lipinski definition) is 1. The number of piperidine rings is 1. The number of benzene rings is 1. The first-order chi connectivity index (χ1) is 8.39. The van der Waals surface area contributed by atoms with Crippen molar-refractivity contribution in [1.82, 2.24) is 0 Å². The van der Waals surface area contributed by atoms with Gasteiger partial charge in [0, 0.05) is 24.3 Å². The fraction of sp³-hybridized carbons (Fsp3) is 0.625. The molecule has 1 heterocycles. The van der Waals surface area contributed by atoms with Crippen molar-refractivity contribution < 1.29 is 0 Å². The molecular formula is C16H26N2. The van der Waals surface area contributed by atoms with Crippen LogP contribution in [0.1, 0.15) is 46.1 Å². The lowest BCUT2D eigenvalue weighted by molar-refractivity contribution is 0.427. The third-order valence-electron chi connectivity index (χ3n) is 3.94. The molecule has 0 radical (unpaired) electrons. The summed E-state index contributed by atoms with van der Waals surface area (Å²) in [6.07, 6.45) is 2.20. The molecule has 100 valence electrons. The summed E-state index contributed by atoms with van der Waals surface area (Å²) in [5.74, 6) is 0. The molecule has 1 aromatic carbocycles. The van der Waals surface area contributed by atoms with Crippen molar-refractivity contribution >= 4 is 5.69 Å². The van der Waals surface area contributed by atoms with Gasteiger partial charge < -0.3 is 10.6 Å². The minimum atomic E-state index is 0.190. The van der Waals surface area contributed by atoms with Gasteiger partial charge in [0.1, 0.15) is 0 Å². The minimum Gasteiger partial charge on any atom is -0.368 e. The Morgan fingerprint density at radius 2 is 1.89 bits per heavy atom. The lowest BCUT2D eigenvalue weighted by atomic mass is 9.84. The van der Waals surface area contributed by atoms with Gasteiger partial charge in [0.2, 0.25) is 0 Å². The maximum atomic E-state index is 6.06. The molecule has 1 fully saturated rings. The third kappa shape index (κ3) is 2.69. The van der Waals surface area contributed by atoms with Crippen LogP contribution in [-0.2, 0) is 5.41 Å². The zero-order chi connectivity index (χ0) is 13.3. The van der Waals surface area contributed by atoms with Crippen LogP contribution in [0.25, 0.3) is 0 Å². The monoisotopic (exact) mass is 246 g/mol. The van der Waals surface area contributed by atoms with Crippen molar-refractivity contribution in [2.45, 2.75) is 58.0 Å². The molecule has 0 saturated carbocycles. The molecular weight excluding hydrogens is 220 g/mol. The summed E-state index contributed by atoms with van der Waals surface area (Å²) in [7, 11) is 0. The van der Waals surface area contributed by atoms with E-state index in [0.29, 0.717) is 12.1 Å². The predicted molar refractivity (Wildman–Crippen MR) is 79.2 cm³/mol. The molecule has 2 rings (SSSR count). The molecule has 0 bridgehead atoms. The Bertz CT molecular complexity index is 406. The largest absolute Gasteiger partial charge is 0.368 e. The fourth-order valence-electron chi connectivity index (χ4n) is 2.92. The van der Waals surface area contributed by atoms with E-state index in [4.69, 9.17) is 5.73 Å². The van der Waals surface area contributed by atoms with Gasteiger partial charge in [-0.15, -0.1) is 0 Å². The Morgan fingerprint density at radius 3 is 2.50 bits per heavy atom. The van der Waals surface area contributed by atoms with Gasteiger partial charge in [-0.2, -0.15) is 0 Å². The number of rotatable bonds is 1. The fourth-order valence-corrected chi connectivity index (χ4v) is 2.92. The zero-order valence-corrected chi connectivity index (χ0v) is 12.1. The topological polar surface area (TPSA) is 29.3 Å². The van der Waals surface area contributed by atoms with E-state index in [1.165, 1.54) is 11.3 Å². The summed E-state index contributed by atoms with van der Waals surface area (Å²) in [6, 6.07) is 9.72. The van der Waals surface area contributed by atoms with Crippen LogP contribution >= 0.6 is 0 Å². The number of para-hydroxylation sites is 1. The standard InChI is InChI=1S/C16H26N2/c1-12-11-13(17)9-10-18(12)15-8-6-5-7-14(15)16(2,3)4/h5-8,12-13H,9-11,17H2,1-4H3. The van der Waals surface area contributed by atoms with Crippen LogP contribution in [0.2, 0.25) is 0 Å². The number of anilines is 1. The summed E-state index contributed by atoms with van der Waals surface area (Å²) < 4.78 is 0. The molecule has 1 aliphatic heterocycles.